The number of nitrogens with one attached hydrogen (secondary N) is 1. The standard InChI is InChI=1S/C13H10ClN3O2S/c14-12-5-6-16-13(7-12)17-20(18,19)9-11-3-1-10(8-15)2-4-11/h1-7H,9H2,(H,16,17). The molecule has 7 heteroatoms. The molecule has 0 atom stereocenters. The topological polar surface area (TPSA) is 82.8 Å². The monoisotopic (exact) mass is 307 g/mol. The van der Waals surface area contributed by atoms with E-state index in [2.05, 4.69) is 9.71 Å². The number of benzene rings is 1. The number of hydrogen-bond acceptors (Lipinski definition) is 4. The van der Waals surface area contributed by atoms with Crippen LogP contribution in [0.25, 0.3) is 0 Å². The Kier molecular flexibility index (Phi) is 4.23. The summed E-state index contributed by atoms with van der Waals surface area (Å²) >= 11 is 5.76. The van der Waals surface area contributed by atoms with E-state index >= 15 is 0 Å². The van der Waals surface area contributed by atoms with Crippen molar-refractivity contribution in [2.75, 3.05) is 4.72 Å². The number of aromatic nitrogens is 1. The zero-order valence-corrected chi connectivity index (χ0v) is 11.8. The third-order valence-electron chi connectivity index (χ3n) is 2.42. The summed E-state index contributed by atoms with van der Waals surface area (Å²) in [5.74, 6) is -0.0291. The molecule has 5 nitrogen and oxygen atoms in total. The molecule has 1 heterocycles. The molecule has 0 aliphatic carbocycles. The maximum atomic E-state index is 12.0. The summed E-state index contributed by atoms with van der Waals surface area (Å²) in [6.07, 6.45) is 1.42. The average molecular weight is 308 g/mol. The van der Waals surface area contributed by atoms with Gasteiger partial charge in [-0.05, 0) is 23.8 Å². The molecule has 2 aromatic rings. The van der Waals surface area contributed by atoms with Crippen molar-refractivity contribution in [2.45, 2.75) is 5.75 Å². The Morgan fingerprint density at radius 2 is 1.95 bits per heavy atom. The van der Waals surface area contributed by atoms with Gasteiger partial charge in [0.05, 0.1) is 17.4 Å². The van der Waals surface area contributed by atoms with E-state index in [1.165, 1.54) is 12.3 Å². The number of hydrogen-bond donors (Lipinski definition) is 1. The van der Waals surface area contributed by atoms with Crippen LogP contribution in [0.4, 0.5) is 5.82 Å². The highest BCUT2D eigenvalue weighted by Gasteiger charge is 2.12. The fourth-order valence-electron chi connectivity index (χ4n) is 1.55. The first-order valence-electron chi connectivity index (χ1n) is 5.59. The van der Waals surface area contributed by atoms with Crippen molar-refractivity contribution in [1.82, 2.24) is 4.98 Å². The van der Waals surface area contributed by atoms with Crippen LogP contribution >= 0.6 is 11.6 Å². The third kappa shape index (κ3) is 3.95. The number of nitrogens with zero attached hydrogens (tertiary/aromatic N) is 2. The Morgan fingerprint density at radius 3 is 2.55 bits per heavy atom. The van der Waals surface area contributed by atoms with E-state index in [9.17, 15) is 8.42 Å². The molecule has 0 fully saturated rings. The van der Waals surface area contributed by atoms with Gasteiger partial charge in [0.25, 0.3) is 0 Å². The summed E-state index contributed by atoms with van der Waals surface area (Å²) in [6.45, 7) is 0. The molecule has 0 aliphatic rings. The van der Waals surface area contributed by atoms with Gasteiger partial charge in [0.1, 0.15) is 5.82 Å². The minimum atomic E-state index is -3.58. The molecular formula is C13H10ClN3O2S. The second kappa shape index (κ2) is 5.90. The van der Waals surface area contributed by atoms with Gasteiger partial charge in [-0.2, -0.15) is 5.26 Å². The van der Waals surface area contributed by atoms with E-state index in [1.807, 2.05) is 6.07 Å². The van der Waals surface area contributed by atoms with Crippen molar-refractivity contribution in [3.63, 3.8) is 0 Å². The number of nitriles is 1. The van der Waals surface area contributed by atoms with Crippen LogP contribution in [-0.4, -0.2) is 13.4 Å². The maximum absolute atomic E-state index is 12.0. The Labute approximate surface area is 121 Å². The highest BCUT2D eigenvalue weighted by Crippen LogP contribution is 2.15. The second-order valence-corrected chi connectivity index (χ2v) is 6.19. The first-order chi connectivity index (χ1) is 9.48. The van der Waals surface area contributed by atoms with Crippen LogP contribution in [0.15, 0.2) is 42.6 Å². The summed E-state index contributed by atoms with van der Waals surface area (Å²) in [7, 11) is -3.58. The van der Waals surface area contributed by atoms with Gasteiger partial charge in [0.2, 0.25) is 10.0 Å². The van der Waals surface area contributed by atoms with Crippen LogP contribution in [0, 0.1) is 11.3 Å². The quantitative estimate of drug-likeness (QED) is 0.941. The molecule has 102 valence electrons. The molecule has 1 aromatic heterocycles. The van der Waals surface area contributed by atoms with E-state index in [4.69, 9.17) is 16.9 Å². The lowest BCUT2D eigenvalue weighted by Crippen LogP contribution is -2.15. The molecule has 0 radical (unpaired) electrons. The largest absolute Gasteiger partial charge is 0.267 e. The van der Waals surface area contributed by atoms with Crippen LogP contribution in [-0.2, 0) is 15.8 Å². The van der Waals surface area contributed by atoms with Crippen LogP contribution in [0.5, 0.6) is 0 Å². The van der Waals surface area contributed by atoms with Gasteiger partial charge in [-0.25, -0.2) is 13.4 Å². The van der Waals surface area contributed by atoms with Crippen molar-refractivity contribution < 1.29 is 8.42 Å². The van der Waals surface area contributed by atoms with Crippen LogP contribution in [0.1, 0.15) is 11.1 Å². The van der Waals surface area contributed by atoms with Gasteiger partial charge in [0, 0.05) is 17.3 Å². The SMILES string of the molecule is N#Cc1ccc(CS(=O)(=O)Nc2cc(Cl)ccn2)cc1. The Morgan fingerprint density at radius 1 is 1.25 bits per heavy atom. The molecular weight excluding hydrogens is 298 g/mol. The van der Waals surface area contributed by atoms with Gasteiger partial charge >= 0.3 is 0 Å². The summed E-state index contributed by atoms with van der Waals surface area (Å²) in [6, 6.07) is 11.3. The van der Waals surface area contributed by atoms with Gasteiger partial charge in [-0.15, -0.1) is 0 Å². The molecule has 0 saturated carbocycles. The van der Waals surface area contributed by atoms with E-state index in [1.54, 1.807) is 30.3 Å². The Balaban J connectivity index is 2.13. The van der Waals surface area contributed by atoms with Crippen molar-refractivity contribution in [2.24, 2.45) is 0 Å². The lowest BCUT2D eigenvalue weighted by atomic mass is 10.2. The molecule has 0 saturated heterocycles. The van der Waals surface area contributed by atoms with Gasteiger partial charge in [0.15, 0.2) is 0 Å². The van der Waals surface area contributed by atoms with E-state index < -0.39 is 10.0 Å². The second-order valence-electron chi connectivity index (χ2n) is 4.03. The Hall–Kier alpha value is -2.10. The van der Waals surface area contributed by atoms with Crippen LogP contribution in [0.2, 0.25) is 5.02 Å². The number of pyridine rings is 1. The molecule has 20 heavy (non-hydrogen) atoms. The molecule has 0 unspecified atom stereocenters. The molecule has 0 amide bonds. The number of sulfonamides is 1. The number of anilines is 1. The predicted octanol–water partition coefficient (Wildman–Crippen LogP) is 2.55. The average Bonchev–Trinajstić information content (AvgIpc) is 2.38. The Bertz CT molecular complexity index is 752. The molecule has 1 aromatic carbocycles. The van der Waals surface area contributed by atoms with Gasteiger partial charge < -0.3 is 0 Å². The summed E-state index contributed by atoms with van der Waals surface area (Å²) < 4.78 is 26.3. The van der Waals surface area contributed by atoms with Crippen LogP contribution in [0.3, 0.4) is 0 Å². The zero-order valence-electron chi connectivity index (χ0n) is 10.2. The summed E-state index contributed by atoms with van der Waals surface area (Å²) in [5, 5.41) is 9.08. The molecule has 0 bridgehead atoms. The molecule has 0 spiro atoms. The van der Waals surface area contributed by atoms with E-state index in [-0.39, 0.29) is 11.6 Å². The first-order valence-corrected chi connectivity index (χ1v) is 7.63. The predicted molar refractivity (Wildman–Crippen MR) is 76.7 cm³/mol. The van der Waals surface area contributed by atoms with Crippen molar-refractivity contribution in [3.8, 4) is 6.07 Å². The van der Waals surface area contributed by atoms with Crippen LogP contribution < -0.4 is 4.72 Å². The van der Waals surface area contributed by atoms with Crippen molar-refractivity contribution >= 4 is 27.4 Å². The molecule has 2 rings (SSSR count). The fourth-order valence-corrected chi connectivity index (χ4v) is 2.84. The minimum Gasteiger partial charge on any atom is -0.267 e. The van der Waals surface area contributed by atoms with Gasteiger partial charge in [-0.3, -0.25) is 4.72 Å². The smallest absolute Gasteiger partial charge is 0.238 e. The van der Waals surface area contributed by atoms with Gasteiger partial charge in [-0.1, -0.05) is 23.7 Å². The lowest BCUT2D eigenvalue weighted by Gasteiger charge is -2.07. The minimum absolute atomic E-state index is 0.172. The summed E-state index contributed by atoms with van der Waals surface area (Å²) in [5.41, 5.74) is 1.06. The third-order valence-corrected chi connectivity index (χ3v) is 3.89. The zero-order chi connectivity index (χ0) is 14.6. The van der Waals surface area contributed by atoms with E-state index in [0.717, 1.165) is 0 Å². The highest BCUT2D eigenvalue weighted by molar-refractivity contribution is 7.91. The first kappa shape index (κ1) is 14.3. The number of rotatable bonds is 4. The molecule has 1 N–H and O–H groups in total. The van der Waals surface area contributed by atoms with E-state index in [0.29, 0.717) is 16.1 Å². The number of halogens is 1. The normalized spacial score (nSPS) is 10.8. The maximum Gasteiger partial charge on any atom is 0.238 e. The summed E-state index contributed by atoms with van der Waals surface area (Å²) in [4.78, 5) is 3.88. The highest BCUT2D eigenvalue weighted by atomic mass is 35.5. The van der Waals surface area contributed by atoms with Crippen molar-refractivity contribution in [3.05, 3.63) is 58.7 Å². The lowest BCUT2D eigenvalue weighted by molar-refractivity contribution is 0.600. The molecule has 0 aliphatic heterocycles. The fraction of sp³-hybridized carbons (Fsp3) is 0.0769. The van der Waals surface area contributed by atoms with Crippen molar-refractivity contribution in [1.29, 1.82) is 5.26 Å².